The molecule has 1 aliphatic heterocycles. The van der Waals surface area contributed by atoms with E-state index in [-0.39, 0.29) is 5.91 Å². The lowest BCUT2D eigenvalue weighted by molar-refractivity contribution is 0.0642. The van der Waals surface area contributed by atoms with Crippen LogP contribution >= 0.6 is 15.9 Å². The first kappa shape index (κ1) is 12.5. The first-order valence-electron chi connectivity index (χ1n) is 5.84. The Labute approximate surface area is 110 Å². The van der Waals surface area contributed by atoms with Crippen molar-refractivity contribution in [1.82, 2.24) is 14.8 Å². The smallest absolute Gasteiger partial charge is 0.256 e. The molecule has 1 fully saturated rings. The highest BCUT2D eigenvalue weighted by Gasteiger charge is 2.22. The van der Waals surface area contributed by atoms with Crippen molar-refractivity contribution in [3.63, 3.8) is 0 Å². The molecule has 0 aromatic carbocycles. The first-order chi connectivity index (χ1) is 8.22. The van der Waals surface area contributed by atoms with E-state index in [9.17, 15) is 4.79 Å². The van der Waals surface area contributed by atoms with E-state index in [1.165, 1.54) is 0 Å². The van der Waals surface area contributed by atoms with Gasteiger partial charge in [-0.2, -0.15) is 0 Å². The summed E-state index contributed by atoms with van der Waals surface area (Å²) in [5.74, 6) is 0.0701. The first-order valence-corrected chi connectivity index (χ1v) is 6.64. The Morgan fingerprint density at radius 3 is 2.71 bits per heavy atom. The Bertz CT molecular complexity index is 402. The lowest BCUT2D eigenvalue weighted by Crippen LogP contribution is -2.48. The molecular formula is C12H16BrN3O. The normalized spacial score (nSPS) is 17.2. The minimum Gasteiger partial charge on any atom is -0.336 e. The average Bonchev–Trinajstić information content (AvgIpc) is 2.39. The summed E-state index contributed by atoms with van der Waals surface area (Å²) in [4.78, 5) is 20.6. The van der Waals surface area contributed by atoms with Crippen LogP contribution in [0, 0.1) is 0 Å². The number of carbonyl (C=O) groups excluding carboxylic acids is 1. The van der Waals surface area contributed by atoms with Gasteiger partial charge in [-0.15, -0.1) is 0 Å². The largest absolute Gasteiger partial charge is 0.336 e. The number of halogens is 1. The van der Waals surface area contributed by atoms with Gasteiger partial charge in [-0.05, 0) is 34.6 Å². The lowest BCUT2D eigenvalue weighted by atomic mass is 10.2. The third-order valence-corrected chi connectivity index (χ3v) is 3.73. The number of nitrogens with zero attached hydrogens (tertiary/aromatic N) is 3. The van der Waals surface area contributed by atoms with Gasteiger partial charge >= 0.3 is 0 Å². The Hall–Kier alpha value is -0.940. The third kappa shape index (κ3) is 2.84. The van der Waals surface area contributed by atoms with Crippen molar-refractivity contribution in [1.29, 1.82) is 0 Å². The lowest BCUT2D eigenvalue weighted by Gasteiger charge is -2.34. The van der Waals surface area contributed by atoms with Gasteiger partial charge in [-0.1, -0.05) is 6.92 Å². The number of hydrogen-bond acceptors (Lipinski definition) is 3. The van der Waals surface area contributed by atoms with Crippen molar-refractivity contribution in [2.24, 2.45) is 0 Å². The molecule has 0 radical (unpaired) electrons. The third-order valence-electron chi connectivity index (χ3n) is 3.10. The molecule has 92 valence electrons. The van der Waals surface area contributed by atoms with E-state index < -0.39 is 0 Å². The zero-order valence-corrected chi connectivity index (χ0v) is 11.5. The molecule has 1 aliphatic rings. The highest BCUT2D eigenvalue weighted by molar-refractivity contribution is 9.10. The molecule has 2 rings (SSSR count). The van der Waals surface area contributed by atoms with Crippen LogP contribution in [0.3, 0.4) is 0 Å². The molecule has 2 heterocycles. The van der Waals surface area contributed by atoms with Crippen LogP contribution in [-0.4, -0.2) is 53.4 Å². The molecular weight excluding hydrogens is 282 g/mol. The summed E-state index contributed by atoms with van der Waals surface area (Å²) < 4.78 is 0.628. The summed E-state index contributed by atoms with van der Waals surface area (Å²) in [7, 11) is 0. The van der Waals surface area contributed by atoms with Gasteiger partial charge in [0.15, 0.2) is 0 Å². The quantitative estimate of drug-likeness (QED) is 0.779. The Morgan fingerprint density at radius 1 is 1.41 bits per heavy atom. The maximum atomic E-state index is 12.3. The fourth-order valence-electron chi connectivity index (χ4n) is 1.98. The van der Waals surface area contributed by atoms with Crippen molar-refractivity contribution >= 4 is 21.8 Å². The van der Waals surface area contributed by atoms with E-state index >= 15 is 0 Å². The Morgan fingerprint density at radius 2 is 2.12 bits per heavy atom. The monoisotopic (exact) mass is 297 g/mol. The highest BCUT2D eigenvalue weighted by atomic mass is 79.9. The molecule has 0 unspecified atom stereocenters. The predicted octanol–water partition coefficient (Wildman–Crippen LogP) is 1.62. The molecule has 17 heavy (non-hydrogen) atoms. The minimum atomic E-state index is 0.0701. The second-order valence-corrected chi connectivity index (χ2v) is 4.82. The van der Waals surface area contributed by atoms with Crippen LogP contribution in [0.25, 0.3) is 0 Å². The van der Waals surface area contributed by atoms with Crippen LogP contribution in [0.1, 0.15) is 17.3 Å². The van der Waals surface area contributed by atoms with Crippen LogP contribution in [-0.2, 0) is 0 Å². The predicted molar refractivity (Wildman–Crippen MR) is 70.0 cm³/mol. The van der Waals surface area contributed by atoms with Crippen molar-refractivity contribution in [3.05, 3.63) is 28.5 Å². The van der Waals surface area contributed by atoms with E-state index in [0.29, 0.717) is 10.2 Å². The van der Waals surface area contributed by atoms with Gasteiger partial charge in [0.25, 0.3) is 5.91 Å². The molecule has 5 heteroatoms. The molecule has 1 aromatic heterocycles. The molecule has 0 bridgehead atoms. The van der Waals surface area contributed by atoms with Crippen molar-refractivity contribution in [2.75, 3.05) is 32.7 Å². The fraction of sp³-hybridized carbons (Fsp3) is 0.500. The zero-order valence-electron chi connectivity index (χ0n) is 9.90. The molecule has 4 nitrogen and oxygen atoms in total. The average molecular weight is 298 g/mol. The summed E-state index contributed by atoms with van der Waals surface area (Å²) in [6.45, 7) is 6.72. The van der Waals surface area contributed by atoms with Gasteiger partial charge in [-0.25, -0.2) is 4.98 Å². The van der Waals surface area contributed by atoms with E-state index in [4.69, 9.17) is 0 Å². The molecule has 0 N–H and O–H groups in total. The van der Waals surface area contributed by atoms with E-state index in [2.05, 4.69) is 32.7 Å². The molecule has 1 aromatic rings. The second kappa shape index (κ2) is 5.60. The number of carbonyl (C=O) groups is 1. The number of amides is 1. The van der Waals surface area contributed by atoms with Crippen molar-refractivity contribution in [2.45, 2.75) is 6.92 Å². The van der Waals surface area contributed by atoms with Gasteiger partial charge in [0.2, 0.25) is 0 Å². The fourth-order valence-corrected chi connectivity index (χ4v) is 2.40. The highest BCUT2D eigenvalue weighted by Crippen LogP contribution is 2.16. The number of hydrogen-bond donors (Lipinski definition) is 0. The number of piperazine rings is 1. The molecule has 0 atom stereocenters. The Balaban J connectivity index is 2.04. The van der Waals surface area contributed by atoms with Gasteiger partial charge < -0.3 is 9.80 Å². The molecule has 1 saturated heterocycles. The van der Waals surface area contributed by atoms with Gasteiger partial charge in [0.1, 0.15) is 4.60 Å². The van der Waals surface area contributed by atoms with E-state index in [0.717, 1.165) is 32.7 Å². The van der Waals surface area contributed by atoms with Crippen LogP contribution in [0.2, 0.25) is 0 Å². The second-order valence-electron chi connectivity index (χ2n) is 4.07. The molecule has 1 amide bonds. The van der Waals surface area contributed by atoms with Gasteiger partial charge in [-0.3, -0.25) is 4.79 Å². The molecule has 0 aliphatic carbocycles. The summed E-state index contributed by atoms with van der Waals surface area (Å²) in [5.41, 5.74) is 0.650. The summed E-state index contributed by atoms with van der Waals surface area (Å²) in [6, 6.07) is 3.60. The standard InChI is InChI=1S/C12H16BrN3O/c1-2-15-6-8-16(9-7-15)12(17)10-4-3-5-14-11(10)13/h3-5H,2,6-9H2,1H3. The summed E-state index contributed by atoms with van der Waals surface area (Å²) >= 11 is 3.32. The number of rotatable bonds is 2. The topological polar surface area (TPSA) is 36.4 Å². The number of likely N-dealkylation sites (N-methyl/N-ethyl adjacent to an activating group) is 1. The van der Waals surface area contributed by atoms with E-state index in [1.54, 1.807) is 12.3 Å². The van der Waals surface area contributed by atoms with Crippen LogP contribution in [0.5, 0.6) is 0 Å². The summed E-state index contributed by atoms with van der Waals surface area (Å²) in [6.07, 6.45) is 1.68. The zero-order chi connectivity index (χ0) is 12.3. The van der Waals surface area contributed by atoms with Crippen LogP contribution in [0.15, 0.2) is 22.9 Å². The number of pyridine rings is 1. The van der Waals surface area contributed by atoms with Crippen molar-refractivity contribution < 1.29 is 4.79 Å². The molecule has 0 spiro atoms. The minimum absolute atomic E-state index is 0.0701. The maximum Gasteiger partial charge on any atom is 0.256 e. The maximum absolute atomic E-state index is 12.3. The van der Waals surface area contributed by atoms with Crippen molar-refractivity contribution in [3.8, 4) is 0 Å². The van der Waals surface area contributed by atoms with Crippen LogP contribution < -0.4 is 0 Å². The summed E-state index contributed by atoms with van der Waals surface area (Å²) in [5, 5.41) is 0. The van der Waals surface area contributed by atoms with Gasteiger partial charge in [0, 0.05) is 32.4 Å². The number of aromatic nitrogens is 1. The van der Waals surface area contributed by atoms with Gasteiger partial charge in [0.05, 0.1) is 5.56 Å². The van der Waals surface area contributed by atoms with E-state index in [1.807, 2.05) is 11.0 Å². The Kier molecular flexibility index (Phi) is 4.12. The molecule has 0 saturated carbocycles. The SMILES string of the molecule is CCN1CCN(C(=O)c2cccnc2Br)CC1. The van der Waals surface area contributed by atoms with Crippen LogP contribution in [0.4, 0.5) is 0 Å².